The standard InChI is InChI=1S/C27H25NO4/c1-17-13-21(29)16-23(14-17)32-22-10-6-9-20(15-22)28(26-18(2)7-4-11-24(26)30)27-19(3)8-5-12-25(27)31/h4-16,29-31H,1-3H3. The molecule has 0 saturated carbocycles. The van der Waals surface area contributed by atoms with Gasteiger partial charge < -0.3 is 25.0 Å². The summed E-state index contributed by atoms with van der Waals surface area (Å²) in [5.74, 6) is 1.40. The zero-order chi connectivity index (χ0) is 22.8. The zero-order valence-corrected chi connectivity index (χ0v) is 18.2. The number of aryl methyl sites for hydroxylation is 3. The lowest BCUT2D eigenvalue weighted by Gasteiger charge is -2.29. The van der Waals surface area contributed by atoms with Gasteiger partial charge in [0.2, 0.25) is 0 Å². The van der Waals surface area contributed by atoms with Gasteiger partial charge in [0.15, 0.2) is 0 Å². The van der Waals surface area contributed by atoms with Crippen molar-refractivity contribution in [3.63, 3.8) is 0 Å². The van der Waals surface area contributed by atoms with Gasteiger partial charge in [-0.1, -0.05) is 30.3 Å². The lowest BCUT2D eigenvalue weighted by molar-refractivity contribution is 0.454. The summed E-state index contributed by atoms with van der Waals surface area (Å²) in [5, 5.41) is 31.4. The number of nitrogens with zero attached hydrogens (tertiary/aromatic N) is 1. The lowest BCUT2D eigenvalue weighted by Crippen LogP contribution is -2.13. The van der Waals surface area contributed by atoms with E-state index >= 15 is 0 Å². The molecule has 0 heterocycles. The predicted molar refractivity (Wildman–Crippen MR) is 127 cm³/mol. The average Bonchev–Trinajstić information content (AvgIpc) is 2.71. The van der Waals surface area contributed by atoms with Crippen LogP contribution in [0.5, 0.6) is 28.7 Å². The van der Waals surface area contributed by atoms with Crippen LogP contribution in [-0.4, -0.2) is 15.3 Å². The number of rotatable bonds is 5. The van der Waals surface area contributed by atoms with Crippen molar-refractivity contribution >= 4 is 17.1 Å². The minimum absolute atomic E-state index is 0.0996. The van der Waals surface area contributed by atoms with Crippen LogP contribution in [0.2, 0.25) is 0 Å². The fourth-order valence-electron chi connectivity index (χ4n) is 3.85. The topological polar surface area (TPSA) is 73.2 Å². The molecule has 0 aromatic heterocycles. The highest BCUT2D eigenvalue weighted by Gasteiger charge is 2.22. The Morgan fingerprint density at radius 2 is 1.22 bits per heavy atom. The van der Waals surface area contributed by atoms with Crippen molar-refractivity contribution in [1.29, 1.82) is 0 Å². The van der Waals surface area contributed by atoms with Crippen LogP contribution >= 0.6 is 0 Å². The Kier molecular flexibility index (Phi) is 5.65. The summed E-state index contributed by atoms with van der Waals surface area (Å²) in [5.41, 5.74) is 4.43. The maximum atomic E-state index is 10.7. The first-order valence-corrected chi connectivity index (χ1v) is 10.3. The van der Waals surface area contributed by atoms with Crippen molar-refractivity contribution in [2.75, 3.05) is 4.90 Å². The first kappa shape index (κ1) is 21.1. The monoisotopic (exact) mass is 427 g/mol. The molecule has 0 fully saturated rings. The Labute approximate surface area is 187 Å². The van der Waals surface area contributed by atoms with Gasteiger partial charge in [-0.3, -0.25) is 0 Å². The van der Waals surface area contributed by atoms with E-state index in [4.69, 9.17) is 4.74 Å². The second-order valence-electron chi connectivity index (χ2n) is 7.82. The van der Waals surface area contributed by atoms with Crippen molar-refractivity contribution in [1.82, 2.24) is 0 Å². The van der Waals surface area contributed by atoms with E-state index in [9.17, 15) is 15.3 Å². The van der Waals surface area contributed by atoms with E-state index in [1.807, 2.05) is 68.1 Å². The van der Waals surface area contributed by atoms with Crippen molar-refractivity contribution in [2.45, 2.75) is 20.8 Å². The van der Waals surface area contributed by atoms with Crippen LogP contribution in [0.15, 0.2) is 78.9 Å². The van der Waals surface area contributed by atoms with Crippen LogP contribution in [0.4, 0.5) is 17.1 Å². The van der Waals surface area contributed by atoms with Crippen LogP contribution in [0.1, 0.15) is 16.7 Å². The van der Waals surface area contributed by atoms with Gasteiger partial charge in [0.05, 0.1) is 17.1 Å². The number of phenolic OH excluding ortho intramolecular Hbond substituents is 3. The number of benzene rings is 4. The second kappa shape index (κ2) is 8.55. The second-order valence-corrected chi connectivity index (χ2v) is 7.82. The Bertz CT molecular complexity index is 1170. The van der Waals surface area contributed by atoms with Crippen LogP contribution in [0.25, 0.3) is 0 Å². The van der Waals surface area contributed by atoms with Crippen molar-refractivity contribution < 1.29 is 20.1 Å². The fraction of sp³-hybridized carbons (Fsp3) is 0.111. The Morgan fingerprint density at radius 3 is 1.78 bits per heavy atom. The van der Waals surface area contributed by atoms with E-state index in [-0.39, 0.29) is 17.2 Å². The number of para-hydroxylation sites is 2. The highest BCUT2D eigenvalue weighted by atomic mass is 16.5. The van der Waals surface area contributed by atoms with Crippen LogP contribution in [0.3, 0.4) is 0 Å². The highest BCUT2D eigenvalue weighted by Crippen LogP contribution is 2.47. The van der Waals surface area contributed by atoms with E-state index in [1.165, 1.54) is 0 Å². The Balaban J connectivity index is 1.86. The predicted octanol–water partition coefficient (Wildman–Crippen LogP) is 6.99. The molecule has 0 aliphatic heterocycles. The maximum Gasteiger partial charge on any atom is 0.139 e. The molecule has 5 heteroatoms. The van der Waals surface area contributed by atoms with Crippen LogP contribution < -0.4 is 9.64 Å². The third-order valence-electron chi connectivity index (χ3n) is 5.23. The SMILES string of the molecule is Cc1cc(O)cc(Oc2cccc(N(c3c(C)cccc3O)c3c(C)cccc3O)c2)c1. The number of ether oxygens (including phenoxy) is 1. The van der Waals surface area contributed by atoms with Gasteiger partial charge in [-0.05, 0) is 73.9 Å². The number of phenols is 3. The molecule has 5 nitrogen and oxygen atoms in total. The quantitative estimate of drug-likeness (QED) is 0.320. The minimum Gasteiger partial charge on any atom is -0.508 e. The van der Waals surface area contributed by atoms with Crippen LogP contribution in [0, 0.1) is 20.8 Å². The summed E-state index contributed by atoms with van der Waals surface area (Å²) in [6.45, 7) is 5.70. The van der Waals surface area contributed by atoms with Gasteiger partial charge in [0.1, 0.15) is 28.7 Å². The molecule has 0 bridgehead atoms. The molecular weight excluding hydrogens is 402 g/mol. The summed E-state index contributed by atoms with van der Waals surface area (Å²) in [4.78, 5) is 1.83. The summed E-state index contributed by atoms with van der Waals surface area (Å²) < 4.78 is 6.01. The molecule has 0 atom stereocenters. The van der Waals surface area contributed by atoms with Gasteiger partial charge in [0, 0.05) is 12.1 Å². The van der Waals surface area contributed by atoms with E-state index in [1.54, 1.807) is 36.4 Å². The molecule has 4 aromatic carbocycles. The molecule has 162 valence electrons. The zero-order valence-electron chi connectivity index (χ0n) is 18.2. The van der Waals surface area contributed by atoms with Crippen molar-refractivity contribution in [2.24, 2.45) is 0 Å². The van der Waals surface area contributed by atoms with E-state index in [0.717, 1.165) is 16.7 Å². The molecule has 4 aromatic rings. The summed E-state index contributed by atoms with van der Waals surface area (Å²) in [6.07, 6.45) is 0. The molecule has 0 radical (unpaired) electrons. The minimum atomic E-state index is 0.0996. The highest BCUT2D eigenvalue weighted by molar-refractivity contribution is 5.86. The molecule has 0 amide bonds. The molecule has 0 unspecified atom stereocenters. The average molecular weight is 428 g/mol. The number of aromatic hydroxyl groups is 3. The van der Waals surface area contributed by atoms with Crippen molar-refractivity contribution in [3.8, 4) is 28.7 Å². The van der Waals surface area contributed by atoms with Crippen molar-refractivity contribution in [3.05, 3.63) is 95.6 Å². The van der Waals surface area contributed by atoms with Gasteiger partial charge >= 0.3 is 0 Å². The molecule has 3 N–H and O–H groups in total. The van der Waals surface area contributed by atoms with Gasteiger partial charge in [0.25, 0.3) is 0 Å². The summed E-state index contributed by atoms with van der Waals surface area (Å²) in [7, 11) is 0. The normalized spacial score (nSPS) is 10.7. The molecule has 0 aliphatic rings. The third-order valence-corrected chi connectivity index (χ3v) is 5.23. The fourth-order valence-corrected chi connectivity index (χ4v) is 3.85. The molecule has 0 aliphatic carbocycles. The smallest absolute Gasteiger partial charge is 0.139 e. The van der Waals surface area contributed by atoms with E-state index < -0.39 is 0 Å². The molecule has 0 spiro atoms. The first-order valence-electron chi connectivity index (χ1n) is 10.3. The first-order chi connectivity index (χ1) is 15.3. The lowest BCUT2D eigenvalue weighted by atomic mass is 10.1. The number of hydrogen-bond acceptors (Lipinski definition) is 5. The number of hydrogen-bond donors (Lipinski definition) is 3. The van der Waals surface area contributed by atoms with E-state index in [0.29, 0.717) is 28.6 Å². The number of anilines is 3. The molecule has 32 heavy (non-hydrogen) atoms. The largest absolute Gasteiger partial charge is 0.508 e. The van der Waals surface area contributed by atoms with Gasteiger partial charge in [-0.15, -0.1) is 0 Å². The summed E-state index contributed by atoms with van der Waals surface area (Å²) >= 11 is 0. The molecule has 0 saturated heterocycles. The van der Waals surface area contributed by atoms with Gasteiger partial charge in [-0.2, -0.15) is 0 Å². The Morgan fingerprint density at radius 1 is 0.625 bits per heavy atom. The summed E-state index contributed by atoms with van der Waals surface area (Å²) in [6, 6.07) is 23.1. The molecule has 4 rings (SSSR count). The van der Waals surface area contributed by atoms with E-state index in [2.05, 4.69) is 0 Å². The Hall–Kier alpha value is -4.12. The van der Waals surface area contributed by atoms with Gasteiger partial charge in [-0.25, -0.2) is 0 Å². The third kappa shape index (κ3) is 4.18. The van der Waals surface area contributed by atoms with Crippen LogP contribution in [-0.2, 0) is 0 Å². The molecular formula is C27H25NO4. The maximum absolute atomic E-state index is 10.7.